The minimum absolute atomic E-state index is 0.0402. The molecule has 0 saturated carbocycles. The highest BCUT2D eigenvalue weighted by atomic mass is 32.2. The molecule has 192 valence electrons. The molecule has 36 heavy (non-hydrogen) atoms. The molecule has 0 unspecified atom stereocenters. The van der Waals surface area contributed by atoms with Gasteiger partial charge in [-0.25, -0.2) is 16.8 Å². The Labute approximate surface area is 213 Å². The predicted molar refractivity (Wildman–Crippen MR) is 134 cm³/mol. The van der Waals surface area contributed by atoms with Gasteiger partial charge in [0.1, 0.15) is 6.07 Å². The highest BCUT2D eigenvalue weighted by Gasteiger charge is 2.33. The number of amides is 1. The summed E-state index contributed by atoms with van der Waals surface area (Å²) in [4.78, 5) is 14.7. The number of benzene rings is 2. The molecular formula is C25H30N4O5S2. The normalized spacial score (nSPS) is 22.2. The van der Waals surface area contributed by atoms with E-state index in [9.17, 15) is 26.9 Å². The first-order valence-corrected chi connectivity index (χ1v) is 14.8. The van der Waals surface area contributed by atoms with E-state index in [2.05, 4.69) is 0 Å². The fraction of sp³-hybridized carbons (Fsp3) is 0.440. The first-order valence-electron chi connectivity index (χ1n) is 11.9. The molecule has 0 N–H and O–H groups in total. The summed E-state index contributed by atoms with van der Waals surface area (Å²) in [5, 5.41) is 9.26. The number of sulfonamides is 2. The van der Waals surface area contributed by atoms with E-state index in [0.29, 0.717) is 30.5 Å². The first-order chi connectivity index (χ1) is 17.0. The number of carbonyl (C=O) groups excluding carboxylic acids is 1. The van der Waals surface area contributed by atoms with Crippen LogP contribution < -0.4 is 0 Å². The van der Waals surface area contributed by atoms with Gasteiger partial charge in [-0.3, -0.25) is 4.79 Å². The van der Waals surface area contributed by atoms with Crippen LogP contribution in [-0.2, 0) is 20.0 Å². The predicted octanol–water partition coefficient (Wildman–Crippen LogP) is 2.37. The van der Waals surface area contributed by atoms with Crippen molar-refractivity contribution in [3.8, 4) is 6.07 Å². The lowest BCUT2D eigenvalue weighted by Crippen LogP contribution is -2.50. The summed E-state index contributed by atoms with van der Waals surface area (Å²) < 4.78 is 55.1. The van der Waals surface area contributed by atoms with Crippen molar-refractivity contribution in [1.82, 2.24) is 13.5 Å². The quantitative estimate of drug-likeness (QED) is 0.586. The smallest absolute Gasteiger partial charge is 0.253 e. The maximum absolute atomic E-state index is 13.1. The van der Waals surface area contributed by atoms with Gasteiger partial charge in [0.15, 0.2) is 0 Å². The fourth-order valence-corrected chi connectivity index (χ4v) is 8.20. The number of piperazine rings is 1. The van der Waals surface area contributed by atoms with Gasteiger partial charge in [0, 0.05) is 44.8 Å². The minimum Gasteiger partial charge on any atom is -0.336 e. The van der Waals surface area contributed by atoms with Gasteiger partial charge < -0.3 is 4.90 Å². The summed E-state index contributed by atoms with van der Waals surface area (Å²) >= 11 is 0. The highest BCUT2D eigenvalue weighted by Crippen LogP contribution is 2.27. The fourth-order valence-electron chi connectivity index (χ4n) is 4.96. The molecule has 2 aromatic carbocycles. The van der Waals surface area contributed by atoms with Gasteiger partial charge in [-0.05, 0) is 54.7 Å². The summed E-state index contributed by atoms with van der Waals surface area (Å²) in [7, 11) is -7.50. The Kier molecular flexibility index (Phi) is 7.52. The third kappa shape index (κ3) is 5.18. The molecule has 1 amide bonds. The van der Waals surface area contributed by atoms with Crippen LogP contribution in [0.25, 0.3) is 0 Å². The lowest BCUT2D eigenvalue weighted by atomic mass is 9.94. The molecule has 11 heteroatoms. The van der Waals surface area contributed by atoms with Crippen LogP contribution in [0.3, 0.4) is 0 Å². The number of carbonyl (C=O) groups is 1. The summed E-state index contributed by atoms with van der Waals surface area (Å²) in [6.07, 6.45) is 0.999. The van der Waals surface area contributed by atoms with Crippen LogP contribution in [0.15, 0.2) is 58.3 Å². The van der Waals surface area contributed by atoms with Crippen LogP contribution in [-0.4, -0.2) is 75.5 Å². The van der Waals surface area contributed by atoms with Gasteiger partial charge in [-0.2, -0.15) is 13.9 Å². The van der Waals surface area contributed by atoms with Gasteiger partial charge >= 0.3 is 0 Å². The molecule has 2 fully saturated rings. The molecule has 4 rings (SSSR count). The number of piperidine rings is 1. The van der Waals surface area contributed by atoms with Crippen molar-refractivity contribution < 1.29 is 21.6 Å². The molecule has 2 atom stereocenters. The molecule has 2 aliphatic rings. The van der Waals surface area contributed by atoms with Gasteiger partial charge in [0.05, 0.1) is 15.4 Å². The van der Waals surface area contributed by atoms with E-state index in [1.807, 2.05) is 19.9 Å². The van der Waals surface area contributed by atoms with Crippen molar-refractivity contribution in [3.05, 3.63) is 59.7 Å². The van der Waals surface area contributed by atoms with E-state index in [1.165, 1.54) is 45.0 Å². The molecule has 0 bridgehead atoms. The SMILES string of the molecule is C[C@@H]1C[C@@H](C)CN(S(=O)(=O)c2ccc(C(=O)N3CCN(S(=O)(=O)c4ccccc4C#N)CC3)cc2)C1. The summed E-state index contributed by atoms with van der Waals surface area (Å²) in [6.45, 7) is 5.66. The zero-order chi connectivity index (χ0) is 26.1. The highest BCUT2D eigenvalue weighted by molar-refractivity contribution is 7.89. The summed E-state index contributed by atoms with van der Waals surface area (Å²) in [6, 6.07) is 13.9. The molecule has 2 saturated heterocycles. The largest absolute Gasteiger partial charge is 0.336 e. The third-order valence-electron chi connectivity index (χ3n) is 6.73. The average molecular weight is 531 g/mol. The number of nitrogens with zero attached hydrogens (tertiary/aromatic N) is 4. The molecule has 0 aromatic heterocycles. The lowest BCUT2D eigenvalue weighted by Gasteiger charge is -2.34. The minimum atomic E-state index is -3.86. The van der Waals surface area contributed by atoms with Gasteiger partial charge in [0.2, 0.25) is 20.0 Å². The number of nitriles is 1. The van der Waals surface area contributed by atoms with E-state index >= 15 is 0 Å². The number of rotatable bonds is 5. The Morgan fingerprint density at radius 1 is 0.833 bits per heavy atom. The van der Waals surface area contributed by atoms with Crippen LogP contribution in [0, 0.1) is 23.2 Å². The monoisotopic (exact) mass is 530 g/mol. The Morgan fingerprint density at radius 3 is 2.00 bits per heavy atom. The van der Waals surface area contributed by atoms with Crippen molar-refractivity contribution in [2.45, 2.75) is 30.1 Å². The first kappa shape index (κ1) is 26.3. The molecule has 2 heterocycles. The second-order valence-corrected chi connectivity index (χ2v) is 13.4. The Morgan fingerprint density at radius 2 is 1.42 bits per heavy atom. The second-order valence-electron chi connectivity index (χ2n) is 9.60. The summed E-state index contributed by atoms with van der Waals surface area (Å²) in [5.41, 5.74) is 0.431. The maximum atomic E-state index is 13.1. The van der Waals surface area contributed by atoms with Crippen molar-refractivity contribution in [3.63, 3.8) is 0 Å². The standard InChI is InChI=1S/C25H30N4O5S2/c1-19-15-20(2)18-29(17-19)35(31,32)23-9-7-21(8-10-23)25(30)27-11-13-28(14-12-27)36(33,34)24-6-4-3-5-22(24)16-26/h3-10,19-20H,11-15,17-18H2,1-2H3/t19-,20-/m1/s1. The molecule has 2 aromatic rings. The molecule has 9 nitrogen and oxygen atoms in total. The molecule has 2 aliphatic heterocycles. The zero-order valence-electron chi connectivity index (χ0n) is 20.4. The van der Waals surface area contributed by atoms with Crippen LogP contribution >= 0.6 is 0 Å². The van der Waals surface area contributed by atoms with Crippen LogP contribution in [0.2, 0.25) is 0 Å². The Balaban J connectivity index is 1.42. The molecular weight excluding hydrogens is 500 g/mol. The molecule has 0 spiro atoms. The van der Waals surface area contributed by atoms with Crippen LogP contribution in [0.5, 0.6) is 0 Å². The van der Waals surface area contributed by atoms with Crippen molar-refractivity contribution in [2.75, 3.05) is 39.3 Å². The number of hydrogen-bond acceptors (Lipinski definition) is 6. The van der Waals surface area contributed by atoms with E-state index in [1.54, 1.807) is 17.0 Å². The summed E-state index contributed by atoms with van der Waals surface area (Å²) in [5.74, 6) is 0.300. The van der Waals surface area contributed by atoms with Crippen LogP contribution in [0.1, 0.15) is 36.2 Å². The topological polar surface area (TPSA) is 119 Å². The maximum Gasteiger partial charge on any atom is 0.253 e. The van der Waals surface area contributed by atoms with Gasteiger partial charge in [-0.1, -0.05) is 26.0 Å². The average Bonchev–Trinajstić information content (AvgIpc) is 2.87. The Bertz CT molecular complexity index is 1370. The second kappa shape index (κ2) is 10.3. The molecule has 0 radical (unpaired) electrons. The zero-order valence-corrected chi connectivity index (χ0v) is 22.0. The van der Waals surface area contributed by atoms with Gasteiger partial charge in [0.25, 0.3) is 5.91 Å². The van der Waals surface area contributed by atoms with E-state index in [-0.39, 0.29) is 47.4 Å². The van der Waals surface area contributed by atoms with E-state index in [4.69, 9.17) is 0 Å². The van der Waals surface area contributed by atoms with Crippen LogP contribution in [0.4, 0.5) is 0 Å². The molecule has 0 aliphatic carbocycles. The Hall–Kier alpha value is -2.78. The van der Waals surface area contributed by atoms with Gasteiger partial charge in [-0.15, -0.1) is 0 Å². The third-order valence-corrected chi connectivity index (χ3v) is 10.5. The van der Waals surface area contributed by atoms with E-state index in [0.717, 1.165) is 6.42 Å². The number of hydrogen-bond donors (Lipinski definition) is 0. The van der Waals surface area contributed by atoms with Crippen molar-refractivity contribution in [1.29, 1.82) is 5.26 Å². The lowest BCUT2D eigenvalue weighted by molar-refractivity contribution is 0.0697. The van der Waals surface area contributed by atoms with Crippen molar-refractivity contribution >= 4 is 26.0 Å². The van der Waals surface area contributed by atoms with Crippen molar-refractivity contribution in [2.24, 2.45) is 11.8 Å². The van der Waals surface area contributed by atoms with E-state index < -0.39 is 20.0 Å².